The molecule has 2 heterocycles. The highest BCUT2D eigenvalue weighted by Crippen LogP contribution is 2.28. The number of likely N-dealkylation sites (N-methyl/N-ethyl adjacent to an activating group) is 1. The molecule has 0 aromatic carbocycles. The molecule has 0 unspecified atom stereocenters. The molecular formula is C13H18N4. The predicted octanol–water partition coefficient (Wildman–Crippen LogP) is 1.85. The summed E-state index contributed by atoms with van der Waals surface area (Å²) in [5, 5.41) is 4.48. The van der Waals surface area contributed by atoms with E-state index >= 15 is 0 Å². The van der Waals surface area contributed by atoms with Crippen molar-refractivity contribution in [3.8, 4) is 0 Å². The predicted molar refractivity (Wildman–Crippen MR) is 69.8 cm³/mol. The van der Waals surface area contributed by atoms with Gasteiger partial charge in [0, 0.05) is 7.05 Å². The van der Waals surface area contributed by atoms with Crippen molar-refractivity contribution >= 4 is 5.70 Å². The van der Waals surface area contributed by atoms with Crippen molar-refractivity contribution in [2.75, 3.05) is 7.05 Å². The zero-order valence-electron chi connectivity index (χ0n) is 10.6. The standard InChI is InChI=1S/C13H18N4/c1-5-11(14)13-12(6-2)17-10(8-16(13)4)7-9(3)15-17/h5-7H,2,8,14H2,1,3-4H3/b11-5+. The van der Waals surface area contributed by atoms with Gasteiger partial charge in [0.1, 0.15) is 0 Å². The van der Waals surface area contributed by atoms with Crippen LogP contribution in [0.1, 0.15) is 18.3 Å². The molecule has 1 aliphatic heterocycles. The summed E-state index contributed by atoms with van der Waals surface area (Å²) in [7, 11) is 2.03. The first-order valence-electron chi connectivity index (χ1n) is 5.64. The van der Waals surface area contributed by atoms with Crippen molar-refractivity contribution in [1.29, 1.82) is 0 Å². The quantitative estimate of drug-likeness (QED) is 0.843. The summed E-state index contributed by atoms with van der Waals surface area (Å²) in [5.41, 5.74) is 10.9. The van der Waals surface area contributed by atoms with E-state index in [1.54, 1.807) is 6.08 Å². The Kier molecular flexibility index (Phi) is 2.79. The van der Waals surface area contributed by atoms with E-state index in [2.05, 4.69) is 22.6 Å². The minimum absolute atomic E-state index is 0.751. The maximum atomic E-state index is 6.04. The van der Waals surface area contributed by atoms with Crippen LogP contribution in [0.5, 0.6) is 0 Å². The normalized spacial score (nSPS) is 16.2. The number of aromatic nitrogens is 2. The molecule has 17 heavy (non-hydrogen) atoms. The Bertz CT molecular complexity index is 520. The van der Waals surface area contributed by atoms with E-state index in [9.17, 15) is 0 Å². The monoisotopic (exact) mass is 230 g/mol. The van der Waals surface area contributed by atoms with Gasteiger partial charge in [-0.1, -0.05) is 12.7 Å². The van der Waals surface area contributed by atoms with E-state index < -0.39 is 0 Å². The highest BCUT2D eigenvalue weighted by molar-refractivity contribution is 5.66. The van der Waals surface area contributed by atoms with E-state index in [0.717, 1.165) is 35.0 Å². The van der Waals surface area contributed by atoms with Crippen molar-refractivity contribution in [3.63, 3.8) is 0 Å². The number of aryl methyl sites for hydroxylation is 1. The Balaban J connectivity index is 2.68. The van der Waals surface area contributed by atoms with Crippen molar-refractivity contribution in [2.45, 2.75) is 20.4 Å². The molecule has 0 fully saturated rings. The lowest BCUT2D eigenvalue weighted by atomic mass is 10.1. The molecule has 0 radical (unpaired) electrons. The molecule has 1 aliphatic rings. The summed E-state index contributed by atoms with van der Waals surface area (Å²) < 4.78 is 1.92. The van der Waals surface area contributed by atoms with E-state index in [-0.39, 0.29) is 0 Å². The molecule has 4 nitrogen and oxygen atoms in total. The number of hydrogen-bond acceptors (Lipinski definition) is 3. The van der Waals surface area contributed by atoms with Crippen molar-refractivity contribution in [2.24, 2.45) is 5.73 Å². The first-order chi connectivity index (χ1) is 8.08. The first-order valence-corrected chi connectivity index (χ1v) is 5.64. The number of hydrogen-bond donors (Lipinski definition) is 1. The van der Waals surface area contributed by atoms with Gasteiger partial charge in [-0.2, -0.15) is 5.10 Å². The van der Waals surface area contributed by atoms with Crippen LogP contribution in [0.25, 0.3) is 5.70 Å². The molecule has 0 atom stereocenters. The van der Waals surface area contributed by atoms with Gasteiger partial charge in [-0.05, 0) is 26.0 Å². The van der Waals surface area contributed by atoms with E-state index in [1.165, 1.54) is 0 Å². The molecule has 0 amide bonds. The first kappa shape index (κ1) is 11.5. The minimum Gasteiger partial charge on any atom is -0.397 e. The lowest BCUT2D eigenvalue weighted by molar-refractivity contribution is 0.391. The van der Waals surface area contributed by atoms with Gasteiger partial charge in [-0.15, -0.1) is 0 Å². The lowest BCUT2D eigenvalue weighted by Crippen LogP contribution is -2.29. The number of allylic oxidation sites excluding steroid dienone is 3. The van der Waals surface area contributed by atoms with Crippen LogP contribution in [0.15, 0.2) is 36.2 Å². The maximum Gasteiger partial charge on any atom is 0.0898 e. The van der Waals surface area contributed by atoms with Gasteiger partial charge in [0.2, 0.25) is 0 Å². The molecule has 0 bridgehead atoms. The molecule has 0 spiro atoms. The fraction of sp³-hybridized carbons (Fsp3) is 0.308. The minimum atomic E-state index is 0.751. The Morgan fingerprint density at radius 3 is 2.88 bits per heavy atom. The Hall–Kier alpha value is -1.97. The Labute approximate surface area is 102 Å². The van der Waals surface area contributed by atoms with Gasteiger partial charge in [0.15, 0.2) is 0 Å². The largest absolute Gasteiger partial charge is 0.397 e. The van der Waals surface area contributed by atoms with Gasteiger partial charge in [0.25, 0.3) is 0 Å². The van der Waals surface area contributed by atoms with Crippen LogP contribution in [0, 0.1) is 6.92 Å². The molecule has 90 valence electrons. The van der Waals surface area contributed by atoms with E-state index in [1.807, 2.05) is 31.7 Å². The second-order valence-electron chi connectivity index (χ2n) is 4.23. The third-order valence-corrected chi connectivity index (χ3v) is 2.93. The zero-order valence-corrected chi connectivity index (χ0v) is 10.6. The summed E-state index contributed by atoms with van der Waals surface area (Å²) in [6.45, 7) is 8.60. The van der Waals surface area contributed by atoms with Crippen LogP contribution < -0.4 is 5.73 Å². The van der Waals surface area contributed by atoms with Gasteiger partial charge in [0.05, 0.1) is 35.0 Å². The van der Waals surface area contributed by atoms with Crippen molar-refractivity contribution in [1.82, 2.24) is 14.7 Å². The van der Waals surface area contributed by atoms with Crippen LogP contribution in [-0.2, 0) is 6.54 Å². The summed E-state index contributed by atoms with van der Waals surface area (Å²) in [6, 6.07) is 2.09. The van der Waals surface area contributed by atoms with Crippen molar-refractivity contribution in [3.05, 3.63) is 47.6 Å². The summed E-state index contributed by atoms with van der Waals surface area (Å²) in [6.07, 6.45) is 3.70. The van der Waals surface area contributed by atoms with Crippen LogP contribution in [0.4, 0.5) is 0 Å². The summed E-state index contributed by atoms with van der Waals surface area (Å²) in [4.78, 5) is 2.13. The fourth-order valence-corrected chi connectivity index (χ4v) is 2.18. The number of nitrogens with two attached hydrogens (primary N) is 1. The maximum absolute atomic E-state index is 6.04. The number of nitrogens with zero attached hydrogens (tertiary/aromatic N) is 3. The van der Waals surface area contributed by atoms with Crippen LogP contribution >= 0.6 is 0 Å². The van der Waals surface area contributed by atoms with E-state index in [4.69, 9.17) is 5.73 Å². The Morgan fingerprint density at radius 1 is 1.59 bits per heavy atom. The third kappa shape index (κ3) is 1.75. The van der Waals surface area contributed by atoms with Gasteiger partial charge in [-0.3, -0.25) is 0 Å². The molecular weight excluding hydrogens is 212 g/mol. The molecule has 1 aromatic heterocycles. The molecule has 0 aliphatic carbocycles. The van der Waals surface area contributed by atoms with Crippen LogP contribution in [0.3, 0.4) is 0 Å². The molecule has 4 heteroatoms. The SMILES string of the molecule is C=CC1=C(/C(N)=C\C)N(C)Cc2cc(C)nn21. The van der Waals surface area contributed by atoms with E-state index in [0.29, 0.717) is 0 Å². The highest BCUT2D eigenvalue weighted by Gasteiger charge is 2.23. The second-order valence-corrected chi connectivity index (χ2v) is 4.23. The zero-order chi connectivity index (χ0) is 12.6. The molecule has 0 saturated heterocycles. The molecule has 2 N–H and O–H groups in total. The average molecular weight is 230 g/mol. The van der Waals surface area contributed by atoms with Gasteiger partial charge < -0.3 is 10.6 Å². The van der Waals surface area contributed by atoms with Gasteiger partial charge in [-0.25, -0.2) is 4.68 Å². The molecule has 2 rings (SSSR count). The highest BCUT2D eigenvalue weighted by atomic mass is 15.3. The van der Waals surface area contributed by atoms with Gasteiger partial charge >= 0.3 is 0 Å². The summed E-state index contributed by atoms with van der Waals surface area (Å²) in [5.74, 6) is 0. The summed E-state index contributed by atoms with van der Waals surface area (Å²) >= 11 is 0. The average Bonchev–Trinajstić information content (AvgIpc) is 2.66. The fourth-order valence-electron chi connectivity index (χ4n) is 2.18. The van der Waals surface area contributed by atoms with Crippen LogP contribution in [0.2, 0.25) is 0 Å². The molecule has 0 saturated carbocycles. The topological polar surface area (TPSA) is 47.1 Å². The smallest absolute Gasteiger partial charge is 0.0898 e. The number of fused-ring (bicyclic) bond motifs is 1. The number of rotatable bonds is 2. The second kappa shape index (κ2) is 4.13. The Morgan fingerprint density at radius 2 is 2.29 bits per heavy atom. The van der Waals surface area contributed by atoms with Crippen LogP contribution in [-0.4, -0.2) is 21.7 Å². The lowest BCUT2D eigenvalue weighted by Gasteiger charge is -2.30. The van der Waals surface area contributed by atoms with Crippen molar-refractivity contribution < 1.29 is 0 Å². The molecule has 1 aromatic rings. The third-order valence-electron chi connectivity index (χ3n) is 2.93.